The fourth-order valence-electron chi connectivity index (χ4n) is 3.45. The lowest BCUT2D eigenvalue weighted by atomic mass is 10.0. The van der Waals surface area contributed by atoms with Gasteiger partial charge in [0.05, 0.1) is 22.5 Å². The summed E-state index contributed by atoms with van der Waals surface area (Å²) in [5, 5.41) is 5.80. The standard InChI is InChI=1S/C18H19N5O2S/c1-11-17(12(2)25-22-11)15-6-14(19-9-20-15)5-13-3-4-23(7-13)18(24)16-8-26-10-21-16/h6,8-10,13H,3-5,7H2,1-2H3/t13-/m0/s1. The Balaban J connectivity index is 1.45. The van der Waals surface area contributed by atoms with Crippen molar-refractivity contribution in [3.63, 3.8) is 0 Å². The lowest BCUT2D eigenvalue weighted by Gasteiger charge is -2.15. The van der Waals surface area contributed by atoms with Gasteiger partial charge in [0.2, 0.25) is 0 Å². The van der Waals surface area contributed by atoms with Crippen LogP contribution in [0.25, 0.3) is 11.3 Å². The van der Waals surface area contributed by atoms with Crippen LogP contribution in [-0.2, 0) is 6.42 Å². The van der Waals surface area contributed by atoms with E-state index in [0.29, 0.717) is 11.6 Å². The van der Waals surface area contributed by atoms with Crippen molar-refractivity contribution in [2.45, 2.75) is 26.7 Å². The van der Waals surface area contributed by atoms with Gasteiger partial charge in [0, 0.05) is 24.2 Å². The van der Waals surface area contributed by atoms with E-state index in [4.69, 9.17) is 4.52 Å². The predicted molar refractivity (Wildman–Crippen MR) is 96.8 cm³/mol. The fraction of sp³-hybridized carbons (Fsp3) is 0.389. The molecule has 1 fully saturated rings. The van der Waals surface area contributed by atoms with E-state index in [1.807, 2.05) is 24.8 Å². The van der Waals surface area contributed by atoms with Crippen LogP contribution in [0.5, 0.6) is 0 Å². The minimum Gasteiger partial charge on any atom is -0.361 e. The van der Waals surface area contributed by atoms with Crippen molar-refractivity contribution in [2.75, 3.05) is 13.1 Å². The summed E-state index contributed by atoms with van der Waals surface area (Å²) >= 11 is 1.44. The third-order valence-corrected chi connectivity index (χ3v) is 5.32. The molecular weight excluding hydrogens is 350 g/mol. The van der Waals surface area contributed by atoms with Gasteiger partial charge in [-0.3, -0.25) is 4.79 Å². The number of hydrogen-bond donors (Lipinski definition) is 0. The Kier molecular flexibility index (Phi) is 4.50. The van der Waals surface area contributed by atoms with Crippen LogP contribution in [0.15, 0.2) is 27.8 Å². The summed E-state index contributed by atoms with van der Waals surface area (Å²) in [6.45, 7) is 5.30. The van der Waals surface area contributed by atoms with Crippen LogP contribution in [0.4, 0.5) is 0 Å². The molecule has 4 heterocycles. The Bertz CT molecular complexity index is 902. The maximum absolute atomic E-state index is 12.4. The number of hydrogen-bond acceptors (Lipinski definition) is 7. The third-order valence-electron chi connectivity index (χ3n) is 4.74. The molecule has 0 saturated carbocycles. The molecule has 7 nitrogen and oxygen atoms in total. The zero-order chi connectivity index (χ0) is 18.1. The molecule has 0 aromatic carbocycles. The van der Waals surface area contributed by atoms with E-state index in [-0.39, 0.29) is 5.91 Å². The van der Waals surface area contributed by atoms with Gasteiger partial charge in [0.15, 0.2) is 0 Å². The van der Waals surface area contributed by atoms with Crippen molar-refractivity contribution < 1.29 is 9.32 Å². The Hall–Kier alpha value is -2.61. The second-order valence-electron chi connectivity index (χ2n) is 6.58. The van der Waals surface area contributed by atoms with Crippen LogP contribution in [0.3, 0.4) is 0 Å². The molecule has 0 unspecified atom stereocenters. The topological polar surface area (TPSA) is 85.0 Å². The summed E-state index contributed by atoms with van der Waals surface area (Å²) in [7, 11) is 0. The highest BCUT2D eigenvalue weighted by atomic mass is 32.1. The number of amides is 1. The molecule has 3 aromatic rings. The maximum atomic E-state index is 12.4. The Morgan fingerprint density at radius 3 is 2.96 bits per heavy atom. The van der Waals surface area contributed by atoms with Crippen LogP contribution in [0.2, 0.25) is 0 Å². The quantitative estimate of drug-likeness (QED) is 0.703. The van der Waals surface area contributed by atoms with Crippen molar-refractivity contribution in [3.05, 3.63) is 46.1 Å². The van der Waals surface area contributed by atoms with Crippen LogP contribution < -0.4 is 0 Å². The highest BCUT2D eigenvalue weighted by molar-refractivity contribution is 7.07. The van der Waals surface area contributed by atoms with E-state index in [0.717, 1.165) is 54.3 Å². The zero-order valence-corrected chi connectivity index (χ0v) is 15.5. The first-order chi connectivity index (χ1) is 12.6. The van der Waals surface area contributed by atoms with Gasteiger partial charge in [-0.2, -0.15) is 0 Å². The van der Waals surface area contributed by atoms with E-state index in [1.165, 1.54) is 11.3 Å². The summed E-state index contributed by atoms with van der Waals surface area (Å²) in [5.74, 6) is 1.17. The molecule has 4 rings (SSSR count). The summed E-state index contributed by atoms with van der Waals surface area (Å²) in [6, 6.07) is 2.00. The van der Waals surface area contributed by atoms with Gasteiger partial charge in [-0.1, -0.05) is 5.16 Å². The molecule has 1 aliphatic heterocycles. The second-order valence-corrected chi connectivity index (χ2v) is 7.30. The number of likely N-dealkylation sites (tertiary alicyclic amines) is 1. The number of rotatable bonds is 4. The first kappa shape index (κ1) is 16.8. The average molecular weight is 369 g/mol. The lowest BCUT2D eigenvalue weighted by molar-refractivity contribution is 0.0782. The minimum atomic E-state index is 0.0212. The second kappa shape index (κ2) is 6.95. The summed E-state index contributed by atoms with van der Waals surface area (Å²) < 4.78 is 5.24. The van der Waals surface area contributed by atoms with Crippen molar-refractivity contribution in [3.8, 4) is 11.3 Å². The summed E-state index contributed by atoms with van der Waals surface area (Å²) in [4.78, 5) is 27.2. The van der Waals surface area contributed by atoms with Gasteiger partial charge >= 0.3 is 0 Å². The highest BCUT2D eigenvalue weighted by Crippen LogP contribution is 2.27. The van der Waals surface area contributed by atoms with E-state index in [9.17, 15) is 4.79 Å². The monoisotopic (exact) mass is 369 g/mol. The Morgan fingerprint density at radius 2 is 2.23 bits per heavy atom. The summed E-state index contributed by atoms with van der Waals surface area (Å²) in [5.41, 5.74) is 5.80. The van der Waals surface area contributed by atoms with E-state index < -0.39 is 0 Å². The van der Waals surface area contributed by atoms with Crippen molar-refractivity contribution in [1.29, 1.82) is 0 Å². The third kappa shape index (κ3) is 3.24. The van der Waals surface area contributed by atoms with Crippen molar-refractivity contribution >= 4 is 17.2 Å². The molecule has 3 aromatic heterocycles. The SMILES string of the molecule is Cc1noc(C)c1-c1cc(C[C@@H]2CCN(C(=O)c3cscn3)C2)ncn1. The molecule has 0 spiro atoms. The van der Waals surface area contributed by atoms with Crippen molar-refractivity contribution in [1.82, 2.24) is 25.0 Å². The van der Waals surface area contributed by atoms with Crippen LogP contribution in [-0.4, -0.2) is 44.0 Å². The largest absolute Gasteiger partial charge is 0.361 e. The van der Waals surface area contributed by atoms with E-state index in [2.05, 4.69) is 20.1 Å². The van der Waals surface area contributed by atoms with Gasteiger partial charge < -0.3 is 9.42 Å². The Morgan fingerprint density at radius 1 is 1.35 bits per heavy atom. The molecule has 0 aliphatic carbocycles. The molecule has 0 bridgehead atoms. The smallest absolute Gasteiger partial charge is 0.273 e. The molecule has 1 amide bonds. The number of nitrogens with zero attached hydrogens (tertiary/aromatic N) is 5. The van der Waals surface area contributed by atoms with Crippen LogP contribution in [0.1, 0.15) is 34.1 Å². The van der Waals surface area contributed by atoms with Crippen LogP contribution >= 0.6 is 11.3 Å². The molecule has 1 saturated heterocycles. The van der Waals surface area contributed by atoms with Gasteiger partial charge in [-0.25, -0.2) is 15.0 Å². The van der Waals surface area contributed by atoms with Crippen LogP contribution in [0, 0.1) is 19.8 Å². The number of carbonyl (C=O) groups is 1. The highest BCUT2D eigenvalue weighted by Gasteiger charge is 2.28. The molecule has 8 heteroatoms. The molecule has 1 aliphatic rings. The number of aryl methyl sites for hydroxylation is 2. The summed E-state index contributed by atoms with van der Waals surface area (Å²) in [6.07, 6.45) is 3.38. The fourth-order valence-corrected chi connectivity index (χ4v) is 3.98. The van der Waals surface area contributed by atoms with E-state index >= 15 is 0 Å². The normalized spacial score (nSPS) is 17.0. The minimum absolute atomic E-state index is 0.0212. The lowest BCUT2D eigenvalue weighted by Crippen LogP contribution is -2.29. The van der Waals surface area contributed by atoms with Gasteiger partial charge in [0.25, 0.3) is 5.91 Å². The van der Waals surface area contributed by atoms with Gasteiger partial charge in [0.1, 0.15) is 17.8 Å². The molecule has 0 N–H and O–H groups in total. The first-order valence-corrected chi connectivity index (χ1v) is 9.47. The number of carbonyl (C=O) groups excluding carboxylic acids is 1. The molecule has 134 valence electrons. The molecule has 0 radical (unpaired) electrons. The number of thiazole rings is 1. The molecular formula is C18H19N5O2S. The maximum Gasteiger partial charge on any atom is 0.273 e. The average Bonchev–Trinajstić information content (AvgIpc) is 3.37. The molecule has 26 heavy (non-hydrogen) atoms. The Labute approximate surface area is 155 Å². The van der Waals surface area contributed by atoms with Gasteiger partial charge in [-0.05, 0) is 38.7 Å². The van der Waals surface area contributed by atoms with Gasteiger partial charge in [-0.15, -0.1) is 11.3 Å². The molecule has 1 atom stereocenters. The predicted octanol–water partition coefficient (Wildman–Crippen LogP) is 2.91. The van der Waals surface area contributed by atoms with E-state index in [1.54, 1.807) is 17.2 Å². The first-order valence-electron chi connectivity index (χ1n) is 8.53. The number of aromatic nitrogens is 4. The zero-order valence-electron chi connectivity index (χ0n) is 14.7. The van der Waals surface area contributed by atoms with Crippen molar-refractivity contribution in [2.24, 2.45) is 5.92 Å².